The van der Waals surface area contributed by atoms with E-state index >= 15 is 0 Å². The summed E-state index contributed by atoms with van der Waals surface area (Å²) in [5.41, 5.74) is 3.32. The van der Waals surface area contributed by atoms with Crippen molar-refractivity contribution in [2.75, 3.05) is 14.2 Å². The molecule has 0 aliphatic rings. The smallest absolute Gasteiger partial charge is 0.349 e. The maximum atomic E-state index is 11.2. The molecule has 0 unspecified atom stereocenters. The summed E-state index contributed by atoms with van der Waals surface area (Å²) in [5, 5.41) is 0. The normalized spacial score (nSPS) is 11.4. The van der Waals surface area contributed by atoms with E-state index in [0.29, 0.717) is 0 Å². The second kappa shape index (κ2) is 5.50. The van der Waals surface area contributed by atoms with Crippen LogP contribution in [0.25, 0.3) is 0 Å². The van der Waals surface area contributed by atoms with Gasteiger partial charge in [0.2, 0.25) is 0 Å². The Kier molecular flexibility index (Phi) is 5.03. The molecule has 0 saturated heterocycles. The van der Waals surface area contributed by atoms with Gasteiger partial charge in [0.1, 0.15) is 19.9 Å². The lowest BCUT2D eigenvalue weighted by atomic mass is 10.3. The molecule has 3 nitrogen and oxygen atoms in total. The lowest BCUT2D eigenvalue weighted by Gasteiger charge is -2.04. The number of hydrogen-bond donors (Lipinski definition) is 0. The number of esters is 1. The van der Waals surface area contributed by atoms with Gasteiger partial charge in [0.25, 0.3) is 0 Å². The Hall–Kier alpha value is -1.21. The lowest BCUT2D eigenvalue weighted by Crippen LogP contribution is -2.17. The summed E-state index contributed by atoms with van der Waals surface area (Å²) in [6, 6.07) is 0. The maximum Gasteiger partial charge on any atom is 0.349 e. The summed E-state index contributed by atoms with van der Waals surface area (Å²) < 4.78 is 9.30. The van der Waals surface area contributed by atoms with Gasteiger partial charge in [-0.2, -0.15) is 0 Å². The molecule has 0 aromatic rings. The van der Waals surface area contributed by atoms with E-state index in [-0.39, 0.29) is 5.57 Å². The molecule has 0 heterocycles. The second-order valence-electron chi connectivity index (χ2n) is 3.76. The van der Waals surface area contributed by atoms with Crippen molar-refractivity contribution >= 4 is 14.0 Å². The molecule has 14 heavy (non-hydrogen) atoms. The van der Waals surface area contributed by atoms with Gasteiger partial charge in [0.15, 0.2) is 0 Å². The Labute approximate surface area is 86.1 Å². The predicted octanol–water partition coefficient (Wildman–Crippen LogP) is 1.57. The summed E-state index contributed by atoms with van der Waals surface area (Å²) in [4.78, 5) is 11.2. The molecule has 0 spiro atoms. The third-order valence-electron chi connectivity index (χ3n) is 1.21. The molecule has 0 bridgehead atoms. The zero-order valence-electron chi connectivity index (χ0n) is 9.30. The van der Waals surface area contributed by atoms with Gasteiger partial charge >= 0.3 is 5.97 Å². The molecule has 0 aliphatic carbocycles. The highest BCUT2D eigenvalue weighted by atomic mass is 28.3. The predicted molar refractivity (Wildman–Crippen MR) is 58.2 cm³/mol. The molecular weight excluding hydrogens is 196 g/mol. The molecular formula is C10H16O3Si. The topological polar surface area (TPSA) is 35.5 Å². The van der Waals surface area contributed by atoms with Gasteiger partial charge in [-0.3, -0.25) is 0 Å². The van der Waals surface area contributed by atoms with Crippen molar-refractivity contribution in [1.29, 1.82) is 0 Å². The van der Waals surface area contributed by atoms with Crippen LogP contribution in [0.3, 0.4) is 0 Å². The molecule has 0 saturated carbocycles. The Morgan fingerprint density at radius 2 is 1.86 bits per heavy atom. The van der Waals surface area contributed by atoms with E-state index in [0.717, 1.165) is 0 Å². The van der Waals surface area contributed by atoms with Gasteiger partial charge in [-0.25, -0.2) is 4.79 Å². The first-order valence-electron chi connectivity index (χ1n) is 4.25. The zero-order valence-corrected chi connectivity index (χ0v) is 10.3. The van der Waals surface area contributed by atoms with E-state index in [2.05, 4.69) is 35.8 Å². The minimum atomic E-state index is -1.47. The molecule has 0 aromatic carbocycles. The number of rotatable bonds is 2. The molecule has 0 atom stereocenters. The summed E-state index contributed by atoms with van der Waals surface area (Å²) >= 11 is 0. The van der Waals surface area contributed by atoms with Crippen molar-refractivity contribution in [2.24, 2.45) is 0 Å². The van der Waals surface area contributed by atoms with Crippen LogP contribution in [0.15, 0.2) is 11.8 Å². The van der Waals surface area contributed by atoms with Crippen molar-refractivity contribution in [3.05, 3.63) is 11.8 Å². The molecule has 78 valence electrons. The number of hydrogen-bond acceptors (Lipinski definition) is 3. The number of methoxy groups -OCH3 is 2. The van der Waals surface area contributed by atoms with Gasteiger partial charge in [-0.05, 0) is 0 Å². The summed E-state index contributed by atoms with van der Waals surface area (Å²) in [7, 11) is 1.32. The Bertz CT molecular complexity index is 289. The van der Waals surface area contributed by atoms with Crippen molar-refractivity contribution in [1.82, 2.24) is 0 Å². The Morgan fingerprint density at radius 1 is 1.29 bits per heavy atom. The van der Waals surface area contributed by atoms with Gasteiger partial charge < -0.3 is 9.47 Å². The standard InChI is InChI=1S/C10H16O3Si/c1-12-8-9(10(11)13-2)6-7-14(3,4)5/h8H,1-5H3. The number of carbonyl (C=O) groups is 1. The lowest BCUT2D eigenvalue weighted by molar-refractivity contribution is -0.135. The number of ether oxygens (including phenoxy) is 2. The van der Waals surface area contributed by atoms with Crippen LogP contribution in [0.1, 0.15) is 0 Å². The van der Waals surface area contributed by atoms with Crippen molar-refractivity contribution < 1.29 is 14.3 Å². The highest BCUT2D eigenvalue weighted by Crippen LogP contribution is 2.00. The quantitative estimate of drug-likeness (QED) is 0.229. The first kappa shape index (κ1) is 12.8. The third-order valence-corrected chi connectivity index (χ3v) is 2.09. The van der Waals surface area contributed by atoms with E-state index in [4.69, 9.17) is 4.74 Å². The Balaban J connectivity index is 4.77. The van der Waals surface area contributed by atoms with Gasteiger partial charge in [-0.15, -0.1) is 5.54 Å². The summed E-state index contributed by atoms with van der Waals surface area (Å²) in [6.07, 6.45) is 1.30. The molecule has 0 radical (unpaired) electrons. The monoisotopic (exact) mass is 212 g/mol. The molecule has 0 amide bonds. The molecule has 0 aromatic heterocycles. The fourth-order valence-corrected chi connectivity index (χ4v) is 1.12. The van der Waals surface area contributed by atoms with Crippen LogP contribution in [0, 0.1) is 11.5 Å². The largest absolute Gasteiger partial charge is 0.503 e. The first-order chi connectivity index (χ1) is 6.40. The first-order valence-corrected chi connectivity index (χ1v) is 7.75. The van der Waals surface area contributed by atoms with Crippen LogP contribution in [0.5, 0.6) is 0 Å². The summed E-state index contributed by atoms with van der Waals surface area (Å²) in [5.74, 6) is 2.32. The van der Waals surface area contributed by atoms with E-state index in [1.165, 1.54) is 20.5 Å². The molecule has 0 aliphatic heterocycles. The maximum absolute atomic E-state index is 11.2. The van der Waals surface area contributed by atoms with E-state index in [9.17, 15) is 4.79 Å². The summed E-state index contributed by atoms with van der Waals surface area (Å²) in [6.45, 7) is 6.30. The van der Waals surface area contributed by atoms with Crippen LogP contribution in [-0.4, -0.2) is 28.3 Å². The van der Waals surface area contributed by atoms with Crippen LogP contribution < -0.4 is 0 Å². The number of carbonyl (C=O) groups excluding carboxylic acids is 1. The molecule has 4 heteroatoms. The average Bonchev–Trinajstić information content (AvgIpc) is 2.09. The van der Waals surface area contributed by atoms with E-state index in [1.54, 1.807) is 0 Å². The fourth-order valence-electron chi connectivity index (χ4n) is 0.611. The van der Waals surface area contributed by atoms with Crippen molar-refractivity contribution in [3.63, 3.8) is 0 Å². The van der Waals surface area contributed by atoms with Gasteiger partial charge in [0.05, 0.1) is 14.2 Å². The molecule has 0 N–H and O–H groups in total. The zero-order chi connectivity index (χ0) is 11.2. The van der Waals surface area contributed by atoms with Gasteiger partial charge in [0, 0.05) is 0 Å². The van der Waals surface area contributed by atoms with E-state index in [1.807, 2.05) is 0 Å². The van der Waals surface area contributed by atoms with Crippen LogP contribution in [0.2, 0.25) is 19.6 Å². The van der Waals surface area contributed by atoms with Crippen molar-refractivity contribution in [3.8, 4) is 11.5 Å². The van der Waals surface area contributed by atoms with Gasteiger partial charge in [-0.1, -0.05) is 25.6 Å². The fraction of sp³-hybridized carbons (Fsp3) is 0.500. The average molecular weight is 212 g/mol. The third kappa shape index (κ3) is 5.44. The van der Waals surface area contributed by atoms with E-state index < -0.39 is 14.0 Å². The molecule has 0 rings (SSSR count). The van der Waals surface area contributed by atoms with Crippen LogP contribution in [-0.2, 0) is 14.3 Å². The molecule has 0 fully saturated rings. The van der Waals surface area contributed by atoms with Crippen molar-refractivity contribution in [2.45, 2.75) is 19.6 Å². The minimum absolute atomic E-state index is 0.262. The second-order valence-corrected chi connectivity index (χ2v) is 8.51. The SMILES string of the molecule is COC=C(C#C[Si](C)(C)C)C(=O)OC. The highest BCUT2D eigenvalue weighted by Gasteiger charge is 2.11. The highest BCUT2D eigenvalue weighted by molar-refractivity contribution is 6.83. The van der Waals surface area contributed by atoms with Crippen LogP contribution >= 0.6 is 0 Å². The van der Waals surface area contributed by atoms with Crippen LogP contribution in [0.4, 0.5) is 0 Å². The minimum Gasteiger partial charge on any atom is -0.503 e. The Morgan fingerprint density at radius 3 is 2.21 bits per heavy atom.